The summed E-state index contributed by atoms with van der Waals surface area (Å²) in [4.78, 5) is 22.7. The van der Waals surface area contributed by atoms with E-state index < -0.39 is 11.4 Å². The standard InChI is InChI=1S/C8H7N5O3/c1-3-5(8(15)16)7(14)6(12-10-3)4-2-9-13-11-4/h2H,1H3,(H,10,14)(H,15,16)(H,9,11,13). The molecule has 2 aromatic heterocycles. The summed E-state index contributed by atoms with van der Waals surface area (Å²) in [6.07, 6.45) is 1.29. The first-order chi connectivity index (χ1) is 7.61. The summed E-state index contributed by atoms with van der Waals surface area (Å²) in [5, 5.41) is 24.6. The van der Waals surface area contributed by atoms with Gasteiger partial charge in [-0.3, -0.25) is 9.89 Å². The quantitative estimate of drug-likeness (QED) is 0.631. The average Bonchev–Trinajstić information content (AvgIpc) is 2.70. The van der Waals surface area contributed by atoms with Gasteiger partial charge in [-0.2, -0.15) is 20.5 Å². The smallest absolute Gasteiger partial charge is 0.341 e. The van der Waals surface area contributed by atoms with Gasteiger partial charge in [-0.1, -0.05) is 0 Å². The van der Waals surface area contributed by atoms with Gasteiger partial charge in [0.2, 0.25) is 5.43 Å². The van der Waals surface area contributed by atoms with Gasteiger partial charge in [0.1, 0.15) is 11.3 Å². The van der Waals surface area contributed by atoms with Crippen LogP contribution in [0.1, 0.15) is 16.1 Å². The molecule has 8 heteroatoms. The zero-order chi connectivity index (χ0) is 11.7. The molecule has 0 atom stereocenters. The highest BCUT2D eigenvalue weighted by Crippen LogP contribution is 2.08. The van der Waals surface area contributed by atoms with Gasteiger partial charge in [-0.25, -0.2) is 4.79 Å². The van der Waals surface area contributed by atoms with Crippen molar-refractivity contribution >= 4 is 5.97 Å². The number of nitrogens with zero attached hydrogens (tertiary/aromatic N) is 3. The van der Waals surface area contributed by atoms with Crippen LogP contribution in [0.3, 0.4) is 0 Å². The molecule has 0 aliphatic carbocycles. The van der Waals surface area contributed by atoms with Crippen LogP contribution < -0.4 is 5.43 Å². The number of aromatic amines is 2. The summed E-state index contributed by atoms with van der Waals surface area (Å²) in [6.45, 7) is 1.46. The second kappa shape index (κ2) is 3.57. The Bertz CT molecular complexity index is 586. The minimum Gasteiger partial charge on any atom is -0.477 e. The molecule has 0 fully saturated rings. The monoisotopic (exact) mass is 221 g/mol. The van der Waals surface area contributed by atoms with Crippen LogP contribution in [-0.4, -0.2) is 36.7 Å². The van der Waals surface area contributed by atoms with Gasteiger partial charge in [0, 0.05) is 5.69 Å². The summed E-state index contributed by atoms with van der Waals surface area (Å²) >= 11 is 0. The van der Waals surface area contributed by atoms with E-state index in [1.807, 2.05) is 0 Å². The van der Waals surface area contributed by atoms with Crippen LogP contribution in [0.5, 0.6) is 0 Å². The zero-order valence-electron chi connectivity index (χ0n) is 8.18. The van der Waals surface area contributed by atoms with Crippen LogP contribution in [0.4, 0.5) is 0 Å². The molecule has 0 aliphatic heterocycles. The van der Waals surface area contributed by atoms with Crippen LogP contribution in [0.2, 0.25) is 0 Å². The van der Waals surface area contributed by atoms with Crippen molar-refractivity contribution in [3.8, 4) is 11.4 Å². The molecule has 0 saturated carbocycles. The summed E-state index contributed by atoms with van der Waals surface area (Å²) < 4.78 is 0. The number of carboxylic acid groups (broad SMARTS) is 1. The Hall–Kier alpha value is -2.51. The van der Waals surface area contributed by atoms with E-state index in [4.69, 9.17) is 5.11 Å². The molecule has 2 heterocycles. The highest BCUT2D eigenvalue weighted by molar-refractivity contribution is 5.89. The Morgan fingerprint density at radius 1 is 1.44 bits per heavy atom. The van der Waals surface area contributed by atoms with Crippen molar-refractivity contribution in [1.29, 1.82) is 0 Å². The zero-order valence-corrected chi connectivity index (χ0v) is 8.18. The van der Waals surface area contributed by atoms with Crippen molar-refractivity contribution in [2.45, 2.75) is 6.92 Å². The van der Waals surface area contributed by atoms with Crippen LogP contribution >= 0.6 is 0 Å². The highest BCUT2D eigenvalue weighted by atomic mass is 16.4. The molecule has 82 valence electrons. The molecule has 0 saturated heterocycles. The number of aromatic nitrogens is 5. The van der Waals surface area contributed by atoms with Crippen molar-refractivity contribution in [3.05, 3.63) is 27.7 Å². The molecule has 0 unspecified atom stereocenters. The van der Waals surface area contributed by atoms with Crippen LogP contribution in [0.15, 0.2) is 11.0 Å². The number of carboxylic acids is 1. The summed E-state index contributed by atoms with van der Waals surface area (Å²) in [5.74, 6) is -1.30. The summed E-state index contributed by atoms with van der Waals surface area (Å²) in [5.41, 5.74) is -0.698. The normalized spacial score (nSPS) is 10.3. The number of hydrogen-bond acceptors (Lipinski definition) is 5. The van der Waals surface area contributed by atoms with Gasteiger partial charge in [0.05, 0.1) is 6.20 Å². The van der Waals surface area contributed by atoms with E-state index in [0.717, 1.165) is 0 Å². The predicted molar refractivity (Wildman–Crippen MR) is 51.9 cm³/mol. The molecule has 0 radical (unpaired) electrons. The van der Waals surface area contributed by atoms with E-state index in [9.17, 15) is 9.59 Å². The third-order valence-electron chi connectivity index (χ3n) is 2.02. The number of hydrogen-bond donors (Lipinski definition) is 3. The molecule has 3 N–H and O–H groups in total. The SMILES string of the molecule is Cc1[nH]nc(-c2cn[nH]n2)c(=O)c1C(=O)O. The molecule has 16 heavy (non-hydrogen) atoms. The maximum Gasteiger partial charge on any atom is 0.341 e. The second-order valence-electron chi connectivity index (χ2n) is 3.06. The Balaban J connectivity index is 2.72. The van der Waals surface area contributed by atoms with Gasteiger partial charge in [0.25, 0.3) is 0 Å². The molecular weight excluding hydrogens is 214 g/mol. The van der Waals surface area contributed by atoms with Crippen LogP contribution in [0, 0.1) is 6.92 Å². The van der Waals surface area contributed by atoms with Crippen molar-refractivity contribution in [2.24, 2.45) is 0 Å². The maximum absolute atomic E-state index is 11.8. The van der Waals surface area contributed by atoms with E-state index in [2.05, 4.69) is 25.6 Å². The molecule has 8 nitrogen and oxygen atoms in total. The predicted octanol–water partition coefficient (Wildman–Crippen LogP) is -0.438. The van der Waals surface area contributed by atoms with E-state index in [1.54, 1.807) is 0 Å². The van der Waals surface area contributed by atoms with Crippen LogP contribution in [-0.2, 0) is 0 Å². The number of H-pyrrole nitrogens is 2. The molecule has 0 spiro atoms. The lowest BCUT2D eigenvalue weighted by Gasteiger charge is -2.00. The number of aryl methyl sites for hydroxylation is 1. The lowest BCUT2D eigenvalue weighted by Crippen LogP contribution is -2.21. The van der Waals surface area contributed by atoms with Crippen molar-refractivity contribution in [1.82, 2.24) is 25.6 Å². The van der Waals surface area contributed by atoms with Crippen molar-refractivity contribution in [3.63, 3.8) is 0 Å². The number of nitrogens with one attached hydrogen (secondary N) is 2. The van der Waals surface area contributed by atoms with E-state index in [-0.39, 0.29) is 22.6 Å². The average molecular weight is 221 g/mol. The van der Waals surface area contributed by atoms with Gasteiger partial charge >= 0.3 is 5.97 Å². The first-order valence-corrected chi connectivity index (χ1v) is 4.30. The van der Waals surface area contributed by atoms with E-state index >= 15 is 0 Å². The van der Waals surface area contributed by atoms with Gasteiger partial charge in [-0.05, 0) is 6.92 Å². The summed E-state index contributed by atoms with van der Waals surface area (Å²) in [7, 11) is 0. The topological polar surface area (TPSA) is 125 Å². The molecule has 0 bridgehead atoms. The minimum absolute atomic E-state index is 0.0725. The fourth-order valence-electron chi connectivity index (χ4n) is 1.28. The van der Waals surface area contributed by atoms with Crippen molar-refractivity contribution in [2.75, 3.05) is 0 Å². The lowest BCUT2D eigenvalue weighted by molar-refractivity contribution is 0.0694. The number of aromatic carboxylic acids is 1. The molecule has 2 aromatic rings. The van der Waals surface area contributed by atoms with Gasteiger partial charge in [-0.15, -0.1) is 0 Å². The molecule has 0 aliphatic rings. The van der Waals surface area contributed by atoms with E-state index in [0.29, 0.717) is 0 Å². The minimum atomic E-state index is -1.30. The first-order valence-electron chi connectivity index (χ1n) is 4.30. The van der Waals surface area contributed by atoms with Gasteiger partial charge in [0.15, 0.2) is 5.69 Å². The summed E-state index contributed by atoms with van der Waals surface area (Å²) in [6, 6.07) is 0. The lowest BCUT2D eigenvalue weighted by atomic mass is 10.1. The largest absolute Gasteiger partial charge is 0.477 e. The molecular formula is C8H7N5O3. The Morgan fingerprint density at radius 2 is 2.19 bits per heavy atom. The molecule has 2 rings (SSSR count). The highest BCUT2D eigenvalue weighted by Gasteiger charge is 2.18. The number of rotatable bonds is 2. The third kappa shape index (κ3) is 1.45. The first kappa shape index (κ1) is 10.0. The Labute approximate surface area is 88.3 Å². The molecule has 0 aromatic carbocycles. The Kier molecular flexibility index (Phi) is 2.24. The van der Waals surface area contributed by atoms with Crippen LogP contribution in [0.25, 0.3) is 11.4 Å². The second-order valence-corrected chi connectivity index (χ2v) is 3.06. The third-order valence-corrected chi connectivity index (χ3v) is 2.02. The van der Waals surface area contributed by atoms with Crippen molar-refractivity contribution < 1.29 is 9.90 Å². The number of carbonyl (C=O) groups is 1. The fourth-order valence-corrected chi connectivity index (χ4v) is 1.28. The Morgan fingerprint density at radius 3 is 2.75 bits per heavy atom. The fraction of sp³-hybridized carbons (Fsp3) is 0.125. The van der Waals surface area contributed by atoms with E-state index in [1.165, 1.54) is 13.1 Å². The van der Waals surface area contributed by atoms with Gasteiger partial charge < -0.3 is 5.11 Å². The molecule has 0 amide bonds. The maximum atomic E-state index is 11.8.